The second kappa shape index (κ2) is 4.02. The average Bonchev–Trinajstić information content (AvgIpc) is 2.74. The predicted molar refractivity (Wildman–Crippen MR) is 59.7 cm³/mol. The van der Waals surface area contributed by atoms with E-state index in [9.17, 15) is 0 Å². The van der Waals surface area contributed by atoms with Crippen LogP contribution in [-0.2, 0) is 4.74 Å². The molecule has 0 aromatic carbocycles. The second-order valence-corrected chi connectivity index (χ2v) is 4.39. The normalized spacial score (nSPS) is 22.7. The van der Waals surface area contributed by atoms with Crippen LogP contribution in [0.25, 0.3) is 10.2 Å². The quantitative estimate of drug-likeness (QED) is 0.720. The summed E-state index contributed by atoms with van der Waals surface area (Å²) in [7, 11) is 0. The molecule has 6 nitrogen and oxygen atoms in total. The third kappa shape index (κ3) is 1.57. The minimum Gasteiger partial charge on any atom is -0.378 e. The highest BCUT2D eigenvalue weighted by molar-refractivity contribution is 7.12. The van der Waals surface area contributed by atoms with Gasteiger partial charge in [-0.15, -0.1) is 0 Å². The molecule has 0 spiro atoms. The maximum Gasteiger partial charge on any atom is 0.147 e. The minimum absolute atomic E-state index is 0.00787. The van der Waals surface area contributed by atoms with Crippen molar-refractivity contribution < 1.29 is 4.74 Å². The van der Waals surface area contributed by atoms with E-state index in [-0.39, 0.29) is 6.04 Å². The molecule has 1 atom stereocenters. The molecular formula is C9H11N5OS. The average molecular weight is 237 g/mol. The molecule has 16 heavy (non-hydrogen) atoms. The number of fused-ring (bicyclic) bond motifs is 1. The summed E-state index contributed by atoms with van der Waals surface area (Å²) in [4.78, 5) is 9.08. The zero-order valence-corrected chi connectivity index (χ0v) is 9.35. The Morgan fingerprint density at radius 3 is 3.38 bits per heavy atom. The number of ether oxygens (including phenoxy) is 1. The maximum absolute atomic E-state index is 5.94. The van der Waals surface area contributed by atoms with Crippen molar-refractivity contribution in [3.8, 4) is 0 Å². The number of hydrazine groups is 1. The number of nitrogens with two attached hydrogens (primary N) is 1. The first-order valence-electron chi connectivity index (χ1n) is 5.00. The molecule has 0 saturated carbocycles. The number of hydrogen-bond acceptors (Lipinski definition) is 7. The Hall–Kier alpha value is -1.15. The van der Waals surface area contributed by atoms with E-state index in [4.69, 9.17) is 10.6 Å². The first-order valence-corrected chi connectivity index (χ1v) is 5.78. The van der Waals surface area contributed by atoms with E-state index >= 15 is 0 Å². The Morgan fingerprint density at radius 2 is 2.50 bits per heavy atom. The first-order chi connectivity index (χ1) is 7.86. The highest BCUT2D eigenvalue weighted by Gasteiger charge is 2.26. The maximum atomic E-state index is 5.94. The minimum atomic E-state index is 0.00787. The number of aromatic nitrogens is 3. The van der Waals surface area contributed by atoms with Crippen LogP contribution in [0.4, 0.5) is 0 Å². The molecule has 2 N–H and O–H groups in total. The highest BCUT2D eigenvalue weighted by Crippen LogP contribution is 2.28. The number of hydrogen-bond donors (Lipinski definition) is 1. The van der Waals surface area contributed by atoms with Gasteiger partial charge >= 0.3 is 0 Å². The lowest BCUT2D eigenvalue weighted by Crippen LogP contribution is -2.44. The summed E-state index contributed by atoms with van der Waals surface area (Å²) in [5.41, 5.74) is 0.919. The van der Waals surface area contributed by atoms with Gasteiger partial charge in [0.1, 0.15) is 11.2 Å². The molecule has 7 heteroatoms. The van der Waals surface area contributed by atoms with Crippen molar-refractivity contribution >= 4 is 21.7 Å². The number of rotatable bonds is 1. The van der Waals surface area contributed by atoms with Crippen LogP contribution in [0.5, 0.6) is 0 Å². The molecule has 2 aromatic heterocycles. The third-order valence-corrected chi connectivity index (χ3v) is 3.45. The predicted octanol–water partition coefficient (Wildman–Crippen LogP) is 0.333. The fourth-order valence-corrected chi connectivity index (χ4v) is 2.56. The Kier molecular flexibility index (Phi) is 2.52. The molecule has 0 aliphatic carbocycles. The SMILES string of the molecule is NN1CCOCC1c1nsc2ncncc12. The van der Waals surface area contributed by atoms with Crippen LogP contribution in [0.2, 0.25) is 0 Å². The monoisotopic (exact) mass is 237 g/mol. The standard InChI is InChI=1S/C9H11N5OS/c10-14-1-2-15-4-7(14)8-6-3-11-5-12-9(6)16-13-8/h3,5,7H,1-2,4,10H2. The Balaban J connectivity index is 2.04. The van der Waals surface area contributed by atoms with E-state index in [1.54, 1.807) is 11.2 Å². The second-order valence-electron chi connectivity index (χ2n) is 3.64. The van der Waals surface area contributed by atoms with Crippen molar-refractivity contribution in [1.82, 2.24) is 19.4 Å². The summed E-state index contributed by atoms with van der Waals surface area (Å²) < 4.78 is 9.83. The summed E-state index contributed by atoms with van der Waals surface area (Å²) in [6.45, 7) is 1.97. The van der Waals surface area contributed by atoms with Crippen molar-refractivity contribution in [2.45, 2.75) is 6.04 Å². The van der Waals surface area contributed by atoms with Gasteiger partial charge in [0.05, 0.1) is 30.3 Å². The lowest BCUT2D eigenvalue weighted by atomic mass is 10.1. The molecule has 3 rings (SSSR count). The van der Waals surface area contributed by atoms with Gasteiger partial charge in [-0.2, -0.15) is 4.37 Å². The van der Waals surface area contributed by atoms with Crippen LogP contribution < -0.4 is 5.84 Å². The third-order valence-electron chi connectivity index (χ3n) is 2.67. The lowest BCUT2D eigenvalue weighted by Gasteiger charge is -2.30. The van der Waals surface area contributed by atoms with Gasteiger partial charge in [0.15, 0.2) is 0 Å². The van der Waals surface area contributed by atoms with Gasteiger partial charge in [0.25, 0.3) is 0 Å². The van der Waals surface area contributed by atoms with Crippen LogP contribution in [0, 0.1) is 0 Å². The van der Waals surface area contributed by atoms with Crippen molar-refractivity contribution in [2.24, 2.45) is 5.84 Å². The molecule has 1 unspecified atom stereocenters. The lowest BCUT2D eigenvalue weighted by molar-refractivity contribution is -0.00962. The van der Waals surface area contributed by atoms with Gasteiger partial charge in [-0.25, -0.2) is 15.0 Å². The van der Waals surface area contributed by atoms with E-state index < -0.39 is 0 Å². The summed E-state index contributed by atoms with van der Waals surface area (Å²) >= 11 is 1.37. The Morgan fingerprint density at radius 1 is 1.56 bits per heavy atom. The van der Waals surface area contributed by atoms with Crippen molar-refractivity contribution in [3.63, 3.8) is 0 Å². The van der Waals surface area contributed by atoms with Gasteiger partial charge in [-0.05, 0) is 11.5 Å². The smallest absolute Gasteiger partial charge is 0.147 e. The molecule has 3 heterocycles. The van der Waals surface area contributed by atoms with Crippen LogP contribution in [0.15, 0.2) is 12.5 Å². The highest BCUT2D eigenvalue weighted by atomic mass is 32.1. The van der Waals surface area contributed by atoms with E-state index in [0.717, 1.165) is 22.5 Å². The topological polar surface area (TPSA) is 77.2 Å². The zero-order chi connectivity index (χ0) is 11.0. The van der Waals surface area contributed by atoms with Gasteiger partial charge in [0, 0.05) is 12.7 Å². The number of nitrogens with zero attached hydrogens (tertiary/aromatic N) is 4. The van der Waals surface area contributed by atoms with E-state index in [1.807, 2.05) is 0 Å². The van der Waals surface area contributed by atoms with E-state index in [0.29, 0.717) is 13.2 Å². The first kappa shape index (κ1) is 10.0. The van der Waals surface area contributed by atoms with E-state index in [1.165, 1.54) is 17.9 Å². The van der Waals surface area contributed by atoms with Crippen LogP contribution in [-0.4, -0.2) is 39.1 Å². The molecular weight excluding hydrogens is 226 g/mol. The van der Waals surface area contributed by atoms with Gasteiger partial charge in [-0.3, -0.25) is 5.84 Å². The molecule has 84 valence electrons. The largest absolute Gasteiger partial charge is 0.378 e. The van der Waals surface area contributed by atoms with Crippen molar-refractivity contribution in [3.05, 3.63) is 18.2 Å². The Labute approximate surface area is 96.2 Å². The fraction of sp³-hybridized carbons (Fsp3) is 0.444. The molecule has 1 aliphatic rings. The summed E-state index contributed by atoms with van der Waals surface area (Å²) in [5.74, 6) is 5.94. The summed E-state index contributed by atoms with van der Waals surface area (Å²) in [6, 6.07) is 0.00787. The molecule has 0 amide bonds. The van der Waals surface area contributed by atoms with Crippen LogP contribution >= 0.6 is 11.5 Å². The van der Waals surface area contributed by atoms with Gasteiger partial charge < -0.3 is 4.74 Å². The van der Waals surface area contributed by atoms with Crippen molar-refractivity contribution in [2.75, 3.05) is 19.8 Å². The van der Waals surface area contributed by atoms with Crippen LogP contribution in [0.3, 0.4) is 0 Å². The van der Waals surface area contributed by atoms with E-state index in [2.05, 4.69) is 14.3 Å². The Bertz CT molecular complexity index is 501. The molecule has 0 radical (unpaired) electrons. The molecule has 1 fully saturated rings. The van der Waals surface area contributed by atoms with Gasteiger partial charge in [0.2, 0.25) is 0 Å². The van der Waals surface area contributed by atoms with Crippen LogP contribution in [0.1, 0.15) is 11.7 Å². The molecule has 2 aromatic rings. The summed E-state index contributed by atoms with van der Waals surface area (Å²) in [5, 5.41) is 2.74. The summed E-state index contributed by atoms with van der Waals surface area (Å²) in [6.07, 6.45) is 3.31. The molecule has 1 saturated heterocycles. The van der Waals surface area contributed by atoms with Gasteiger partial charge in [-0.1, -0.05) is 0 Å². The zero-order valence-electron chi connectivity index (χ0n) is 8.54. The number of morpholine rings is 1. The molecule has 1 aliphatic heterocycles. The van der Waals surface area contributed by atoms with Crippen molar-refractivity contribution in [1.29, 1.82) is 0 Å². The fourth-order valence-electron chi connectivity index (χ4n) is 1.80. The molecule has 0 bridgehead atoms.